The third-order valence-electron chi connectivity index (χ3n) is 8.81. The Morgan fingerprint density at radius 2 is 2.02 bits per heavy atom. The van der Waals surface area contributed by atoms with Gasteiger partial charge in [-0.2, -0.15) is 0 Å². The molecular formula is C32H44N2O5S. The van der Waals surface area contributed by atoms with E-state index in [9.17, 15) is 19.5 Å². The molecule has 0 aliphatic carbocycles. The Morgan fingerprint density at radius 1 is 1.27 bits per heavy atom. The fourth-order valence-corrected chi connectivity index (χ4v) is 9.21. The van der Waals surface area contributed by atoms with E-state index in [4.69, 9.17) is 4.74 Å². The second kappa shape index (κ2) is 13.4. The van der Waals surface area contributed by atoms with Crippen LogP contribution in [-0.2, 0) is 25.5 Å². The first-order valence-corrected chi connectivity index (χ1v) is 15.6. The van der Waals surface area contributed by atoms with Crippen molar-refractivity contribution in [1.82, 2.24) is 9.80 Å². The van der Waals surface area contributed by atoms with E-state index in [0.717, 1.165) is 31.2 Å². The molecule has 1 aromatic rings. The number of fused-ring (bicyclic) bond motifs is 1. The molecule has 40 heavy (non-hydrogen) atoms. The van der Waals surface area contributed by atoms with Crippen LogP contribution < -0.4 is 0 Å². The van der Waals surface area contributed by atoms with Crippen molar-refractivity contribution in [2.75, 3.05) is 19.8 Å². The summed E-state index contributed by atoms with van der Waals surface area (Å²) < 4.78 is 4.95. The van der Waals surface area contributed by atoms with Crippen LogP contribution in [0.4, 0.5) is 0 Å². The molecule has 3 saturated heterocycles. The number of hydrogen-bond donors (Lipinski definition) is 1. The second-order valence-electron chi connectivity index (χ2n) is 11.3. The molecule has 0 radical (unpaired) electrons. The third kappa shape index (κ3) is 5.62. The van der Waals surface area contributed by atoms with Gasteiger partial charge in [0.25, 0.3) is 0 Å². The number of carbonyl (C=O) groups is 3. The van der Waals surface area contributed by atoms with E-state index >= 15 is 0 Å². The number of allylic oxidation sites excluding steroid dienone is 1. The summed E-state index contributed by atoms with van der Waals surface area (Å²) in [4.78, 5) is 46.0. The number of rotatable bonds is 15. The molecule has 1 aromatic carbocycles. The van der Waals surface area contributed by atoms with Crippen molar-refractivity contribution in [3.63, 3.8) is 0 Å². The molecule has 2 bridgehead atoms. The summed E-state index contributed by atoms with van der Waals surface area (Å²) in [7, 11) is 0. The minimum Gasteiger partial charge on any atom is -0.465 e. The van der Waals surface area contributed by atoms with Crippen LogP contribution >= 0.6 is 11.8 Å². The first kappa shape index (κ1) is 30.4. The number of carbonyl (C=O) groups excluding carboxylic acids is 3. The number of esters is 1. The average Bonchev–Trinajstić information content (AvgIpc) is 3.60. The lowest BCUT2D eigenvalue weighted by molar-refractivity contribution is -0.154. The maximum absolute atomic E-state index is 14.6. The quantitative estimate of drug-likeness (QED) is 0.192. The summed E-state index contributed by atoms with van der Waals surface area (Å²) in [5, 5.41) is 10.6. The molecule has 1 N–H and O–H groups in total. The molecule has 2 amide bonds. The molecular weight excluding hydrogens is 524 g/mol. The highest BCUT2D eigenvalue weighted by atomic mass is 32.2. The minimum atomic E-state index is -0.765. The van der Waals surface area contributed by atoms with Gasteiger partial charge in [-0.1, -0.05) is 55.8 Å². The highest BCUT2D eigenvalue weighted by Crippen LogP contribution is 2.67. The maximum Gasteiger partial charge on any atom is 0.310 e. The molecule has 3 fully saturated rings. The van der Waals surface area contributed by atoms with Crippen molar-refractivity contribution in [1.29, 1.82) is 0 Å². The first-order valence-electron chi connectivity index (χ1n) is 14.7. The maximum atomic E-state index is 14.6. The largest absolute Gasteiger partial charge is 0.465 e. The van der Waals surface area contributed by atoms with Crippen LogP contribution in [0.2, 0.25) is 0 Å². The fourth-order valence-electron chi connectivity index (χ4n) is 7.02. The van der Waals surface area contributed by atoms with Crippen molar-refractivity contribution in [2.45, 2.75) is 86.9 Å². The van der Waals surface area contributed by atoms with Crippen LogP contribution in [0.5, 0.6) is 0 Å². The predicted octanol–water partition coefficient (Wildman–Crippen LogP) is 4.39. The number of aliphatic hydroxyl groups excluding tert-OH is 1. The van der Waals surface area contributed by atoms with E-state index in [2.05, 4.69) is 20.1 Å². The topological polar surface area (TPSA) is 87.1 Å². The fraction of sp³-hybridized carbons (Fsp3) is 0.594. The van der Waals surface area contributed by atoms with E-state index < -0.39 is 28.7 Å². The lowest BCUT2D eigenvalue weighted by atomic mass is 9.71. The van der Waals surface area contributed by atoms with Crippen molar-refractivity contribution >= 4 is 29.5 Å². The standard InChI is InChI=1S/C32H44N2O5S/c1-5-8-12-19-39-31(38)26-25-16-17-32(40-25)27(26)29(36)34(24(21-35)20-23-14-10-9-11-15-23)28(32)30(37)33(18-7-3)22(4)13-6-2/h5,7,9-11,14-15,22,24-28,35H,1,3,6,8,12-13,16-21H2,2,4H3/t22?,24-,25-,26+,27+,28?,32?/m1/s1. The van der Waals surface area contributed by atoms with Crippen LogP contribution in [0.15, 0.2) is 55.6 Å². The lowest BCUT2D eigenvalue weighted by Gasteiger charge is -2.41. The summed E-state index contributed by atoms with van der Waals surface area (Å²) in [6.45, 7) is 12.1. The van der Waals surface area contributed by atoms with Gasteiger partial charge >= 0.3 is 5.97 Å². The first-order chi connectivity index (χ1) is 19.3. The van der Waals surface area contributed by atoms with Gasteiger partial charge in [-0.05, 0) is 51.0 Å². The molecule has 7 atom stereocenters. The Bertz CT molecular complexity index is 1080. The zero-order chi connectivity index (χ0) is 28.9. The Hall–Kier alpha value is -2.58. The lowest BCUT2D eigenvalue weighted by Crippen LogP contribution is -2.59. The number of amides is 2. The molecule has 0 saturated carbocycles. The zero-order valence-corrected chi connectivity index (χ0v) is 24.7. The molecule has 3 aliphatic rings. The number of benzene rings is 1. The Kier molecular flexibility index (Phi) is 10.2. The van der Waals surface area contributed by atoms with Gasteiger partial charge in [0.2, 0.25) is 11.8 Å². The molecule has 3 unspecified atom stereocenters. The molecule has 218 valence electrons. The Morgan fingerprint density at radius 3 is 2.67 bits per heavy atom. The van der Waals surface area contributed by atoms with E-state index in [1.165, 1.54) is 0 Å². The van der Waals surface area contributed by atoms with E-state index in [-0.39, 0.29) is 42.3 Å². The molecule has 4 rings (SSSR count). The number of thioether (sulfide) groups is 1. The van der Waals surface area contributed by atoms with Gasteiger partial charge in [0.05, 0.1) is 35.8 Å². The van der Waals surface area contributed by atoms with E-state index in [0.29, 0.717) is 25.8 Å². The summed E-state index contributed by atoms with van der Waals surface area (Å²) in [6.07, 6.45) is 8.58. The Labute approximate surface area is 243 Å². The minimum absolute atomic E-state index is 0.0289. The van der Waals surface area contributed by atoms with Gasteiger partial charge < -0.3 is 19.6 Å². The molecule has 1 spiro atoms. The zero-order valence-electron chi connectivity index (χ0n) is 23.9. The summed E-state index contributed by atoms with van der Waals surface area (Å²) in [5.74, 6) is -1.91. The number of unbranched alkanes of at least 4 members (excludes halogenated alkanes) is 1. The van der Waals surface area contributed by atoms with Gasteiger partial charge in [-0.15, -0.1) is 24.9 Å². The van der Waals surface area contributed by atoms with Crippen molar-refractivity contribution in [3.8, 4) is 0 Å². The molecule has 3 aliphatic heterocycles. The molecule has 8 heteroatoms. The highest BCUT2D eigenvalue weighted by molar-refractivity contribution is 8.02. The molecule has 7 nitrogen and oxygen atoms in total. The van der Waals surface area contributed by atoms with Gasteiger partial charge in [-0.25, -0.2) is 0 Å². The van der Waals surface area contributed by atoms with Gasteiger partial charge in [0.1, 0.15) is 6.04 Å². The predicted molar refractivity (Wildman–Crippen MR) is 159 cm³/mol. The van der Waals surface area contributed by atoms with Crippen molar-refractivity contribution < 1.29 is 24.2 Å². The van der Waals surface area contributed by atoms with Crippen LogP contribution in [0.3, 0.4) is 0 Å². The molecule has 0 aromatic heterocycles. The van der Waals surface area contributed by atoms with Crippen LogP contribution in [-0.4, -0.2) is 80.6 Å². The number of ether oxygens (including phenoxy) is 1. The average molecular weight is 569 g/mol. The van der Waals surface area contributed by atoms with Crippen molar-refractivity contribution in [2.24, 2.45) is 11.8 Å². The van der Waals surface area contributed by atoms with Crippen LogP contribution in [0, 0.1) is 11.8 Å². The van der Waals surface area contributed by atoms with Gasteiger partial charge in [0.15, 0.2) is 0 Å². The van der Waals surface area contributed by atoms with Gasteiger partial charge in [0, 0.05) is 17.8 Å². The second-order valence-corrected chi connectivity index (χ2v) is 12.9. The summed E-state index contributed by atoms with van der Waals surface area (Å²) in [6, 6.07) is 8.35. The normalized spacial score (nSPS) is 28.2. The number of aliphatic hydroxyl groups is 1. The summed E-state index contributed by atoms with van der Waals surface area (Å²) in [5.41, 5.74) is 0.979. The van der Waals surface area contributed by atoms with Crippen molar-refractivity contribution in [3.05, 3.63) is 61.2 Å². The Balaban J connectivity index is 1.73. The van der Waals surface area contributed by atoms with Gasteiger partial charge in [-0.3, -0.25) is 14.4 Å². The van der Waals surface area contributed by atoms with Crippen LogP contribution in [0.25, 0.3) is 0 Å². The van der Waals surface area contributed by atoms with E-state index in [1.54, 1.807) is 28.8 Å². The monoisotopic (exact) mass is 568 g/mol. The third-order valence-corrected chi connectivity index (χ3v) is 10.8. The number of hydrogen-bond acceptors (Lipinski definition) is 6. The highest BCUT2D eigenvalue weighted by Gasteiger charge is 2.74. The number of likely N-dealkylation sites (tertiary alicyclic amines) is 1. The summed E-state index contributed by atoms with van der Waals surface area (Å²) >= 11 is 1.63. The van der Waals surface area contributed by atoms with E-state index in [1.807, 2.05) is 42.2 Å². The smallest absolute Gasteiger partial charge is 0.310 e. The van der Waals surface area contributed by atoms with Crippen LogP contribution in [0.1, 0.15) is 57.9 Å². The SMILES string of the molecule is C=CCCCOC(=O)[C@@H]1[C@H]2C(=O)N([C@@H](CO)Cc3ccccc3)C(C(=O)N(CC=C)C(C)CCC)C23CC[C@H]1S3. The number of nitrogens with zero attached hydrogens (tertiary/aromatic N) is 2. The molecule has 3 heterocycles.